The highest BCUT2D eigenvalue weighted by molar-refractivity contribution is 9.10. The number of fused-ring (bicyclic) bond motifs is 1. The second kappa shape index (κ2) is 9.16. The molecule has 2 aliphatic heterocycles. The number of piperazine rings is 1. The number of benzene rings is 2. The van der Waals surface area contributed by atoms with Crippen LogP contribution in [0, 0.1) is 0 Å². The first kappa shape index (κ1) is 20.2. The van der Waals surface area contributed by atoms with E-state index in [0.717, 1.165) is 66.9 Å². The van der Waals surface area contributed by atoms with Crippen molar-refractivity contribution >= 4 is 37.5 Å². The van der Waals surface area contributed by atoms with Gasteiger partial charge in [0, 0.05) is 41.7 Å². The van der Waals surface area contributed by atoms with Crippen LogP contribution in [0.25, 0.3) is 0 Å². The van der Waals surface area contributed by atoms with Gasteiger partial charge < -0.3 is 14.4 Å². The second-order valence-corrected chi connectivity index (χ2v) is 9.16. The van der Waals surface area contributed by atoms with Gasteiger partial charge in [0.25, 0.3) is 0 Å². The lowest BCUT2D eigenvalue weighted by molar-refractivity contribution is 0.0289. The summed E-state index contributed by atoms with van der Waals surface area (Å²) < 4.78 is 13.7. The number of rotatable bonds is 5. The normalized spacial score (nSPS) is 20.1. The lowest BCUT2D eigenvalue weighted by Gasteiger charge is -2.37. The first-order valence-electron chi connectivity index (χ1n) is 9.85. The van der Waals surface area contributed by atoms with Crippen molar-refractivity contribution in [2.75, 3.05) is 51.3 Å². The number of hydrogen-bond donors (Lipinski definition) is 0. The zero-order chi connectivity index (χ0) is 19.5. The van der Waals surface area contributed by atoms with Crippen LogP contribution in [0.3, 0.4) is 0 Å². The molecular weight excluding hydrogens is 484 g/mol. The Bertz CT molecular complexity index is 822. The molecule has 0 amide bonds. The van der Waals surface area contributed by atoms with Gasteiger partial charge in [0.05, 0.1) is 25.5 Å². The summed E-state index contributed by atoms with van der Waals surface area (Å²) >= 11 is 7.27. The molecule has 0 radical (unpaired) electrons. The van der Waals surface area contributed by atoms with E-state index in [1.54, 1.807) is 7.11 Å². The Morgan fingerprint density at radius 1 is 1.07 bits per heavy atom. The third-order valence-electron chi connectivity index (χ3n) is 5.72. The van der Waals surface area contributed by atoms with E-state index in [-0.39, 0.29) is 6.10 Å². The fraction of sp³-hybridized carbons (Fsp3) is 0.455. The molecule has 4 rings (SSSR count). The number of anilines is 1. The van der Waals surface area contributed by atoms with E-state index >= 15 is 0 Å². The molecule has 2 aromatic rings. The maximum Gasteiger partial charge on any atom is 0.120 e. The van der Waals surface area contributed by atoms with E-state index < -0.39 is 0 Å². The molecule has 6 heteroatoms. The van der Waals surface area contributed by atoms with Crippen molar-refractivity contribution in [3.05, 3.63) is 56.5 Å². The van der Waals surface area contributed by atoms with Crippen LogP contribution in [0.2, 0.25) is 0 Å². The topological polar surface area (TPSA) is 24.9 Å². The molecule has 4 nitrogen and oxygen atoms in total. The van der Waals surface area contributed by atoms with Crippen molar-refractivity contribution in [2.24, 2.45) is 0 Å². The summed E-state index contributed by atoms with van der Waals surface area (Å²) in [7, 11) is 1.70. The van der Waals surface area contributed by atoms with Crippen molar-refractivity contribution in [1.29, 1.82) is 0 Å². The second-order valence-electron chi connectivity index (χ2n) is 7.39. The molecule has 0 aromatic heterocycles. The van der Waals surface area contributed by atoms with Crippen molar-refractivity contribution in [2.45, 2.75) is 18.9 Å². The maximum absolute atomic E-state index is 6.09. The highest BCUT2D eigenvalue weighted by atomic mass is 79.9. The van der Waals surface area contributed by atoms with E-state index in [1.807, 2.05) is 12.1 Å². The molecule has 1 saturated heterocycles. The maximum atomic E-state index is 6.09. The van der Waals surface area contributed by atoms with Gasteiger partial charge in [-0.15, -0.1) is 0 Å². The van der Waals surface area contributed by atoms with Gasteiger partial charge in [-0.1, -0.05) is 22.0 Å². The minimum Gasteiger partial charge on any atom is -0.497 e. The molecule has 1 unspecified atom stereocenters. The highest BCUT2D eigenvalue weighted by Crippen LogP contribution is 2.33. The summed E-state index contributed by atoms with van der Waals surface area (Å²) in [6.07, 6.45) is 2.30. The molecule has 0 spiro atoms. The molecule has 150 valence electrons. The van der Waals surface area contributed by atoms with Crippen LogP contribution in [0.1, 0.15) is 23.7 Å². The smallest absolute Gasteiger partial charge is 0.120 e. The van der Waals surface area contributed by atoms with Crippen LogP contribution < -0.4 is 9.64 Å². The average Bonchev–Trinajstić information content (AvgIpc) is 2.72. The standard InChI is InChI=1S/C22H26Br2N2O2/c1-27-18-3-5-21(20(24)15-18)26-11-9-25(10-12-26)8-6-22-19-4-2-17(23)14-16(19)7-13-28-22/h2-5,14-15,22H,6-13H2,1H3. The molecule has 0 saturated carbocycles. The van der Waals surface area contributed by atoms with Crippen LogP contribution in [0.15, 0.2) is 45.3 Å². The Kier molecular flexibility index (Phi) is 6.61. The molecule has 2 aromatic carbocycles. The largest absolute Gasteiger partial charge is 0.497 e. The molecular formula is C22H26Br2N2O2. The van der Waals surface area contributed by atoms with Gasteiger partial charge in [0.2, 0.25) is 0 Å². The first-order chi connectivity index (χ1) is 13.6. The van der Waals surface area contributed by atoms with Crippen LogP contribution in [0.4, 0.5) is 5.69 Å². The SMILES string of the molecule is COc1ccc(N2CCN(CCC3OCCc4cc(Br)ccc43)CC2)c(Br)c1. The summed E-state index contributed by atoms with van der Waals surface area (Å²) in [5, 5.41) is 0. The third-order valence-corrected chi connectivity index (χ3v) is 6.85. The minimum atomic E-state index is 0.227. The minimum absolute atomic E-state index is 0.227. The predicted octanol–water partition coefficient (Wildman–Crippen LogP) is 5.05. The lowest BCUT2D eigenvalue weighted by Crippen LogP contribution is -2.47. The number of nitrogens with zero attached hydrogens (tertiary/aromatic N) is 2. The monoisotopic (exact) mass is 508 g/mol. The Labute approximate surface area is 184 Å². The van der Waals surface area contributed by atoms with Crippen molar-refractivity contribution < 1.29 is 9.47 Å². The molecule has 0 aliphatic carbocycles. The summed E-state index contributed by atoms with van der Waals surface area (Å²) in [6.45, 7) is 6.15. The zero-order valence-corrected chi connectivity index (χ0v) is 19.3. The van der Waals surface area contributed by atoms with E-state index in [9.17, 15) is 0 Å². The summed E-state index contributed by atoms with van der Waals surface area (Å²) in [4.78, 5) is 5.01. The summed E-state index contributed by atoms with van der Waals surface area (Å²) in [5.74, 6) is 0.883. The van der Waals surface area contributed by atoms with Crippen LogP contribution in [-0.4, -0.2) is 51.3 Å². The molecule has 0 N–H and O–H groups in total. The summed E-state index contributed by atoms with van der Waals surface area (Å²) in [6, 6.07) is 12.8. The van der Waals surface area contributed by atoms with Gasteiger partial charge >= 0.3 is 0 Å². The molecule has 1 atom stereocenters. The quantitative estimate of drug-likeness (QED) is 0.563. The number of ether oxygens (including phenoxy) is 2. The van der Waals surface area contributed by atoms with Crippen LogP contribution in [-0.2, 0) is 11.2 Å². The van der Waals surface area contributed by atoms with Crippen molar-refractivity contribution in [3.63, 3.8) is 0 Å². The number of halogens is 2. The molecule has 1 fully saturated rings. The van der Waals surface area contributed by atoms with Gasteiger partial charge in [-0.25, -0.2) is 0 Å². The fourth-order valence-electron chi connectivity index (χ4n) is 4.13. The van der Waals surface area contributed by atoms with E-state index in [0.29, 0.717) is 0 Å². The Hall–Kier alpha value is -1.08. The third kappa shape index (κ3) is 4.56. The van der Waals surface area contributed by atoms with E-state index in [1.165, 1.54) is 16.8 Å². The van der Waals surface area contributed by atoms with Gasteiger partial charge in [-0.05, 0) is 70.2 Å². The summed E-state index contributed by atoms with van der Waals surface area (Å²) in [5.41, 5.74) is 4.05. The zero-order valence-electron chi connectivity index (χ0n) is 16.2. The number of hydrogen-bond acceptors (Lipinski definition) is 4. The fourth-order valence-corrected chi connectivity index (χ4v) is 5.15. The molecule has 2 aliphatic rings. The van der Waals surface area contributed by atoms with Crippen LogP contribution in [0.5, 0.6) is 5.75 Å². The van der Waals surface area contributed by atoms with Crippen molar-refractivity contribution in [1.82, 2.24) is 4.90 Å². The Morgan fingerprint density at radius 3 is 2.64 bits per heavy atom. The Morgan fingerprint density at radius 2 is 1.89 bits per heavy atom. The highest BCUT2D eigenvalue weighted by Gasteiger charge is 2.24. The average molecular weight is 510 g/mol. The van der Waals surface area contributed by atoms with E-state index in [2.05, 4.69) is 65.9 Å². The van der Waals surface area contributed by atoms with Gasteiger partial charge in [0.1, 0.15) is 5.75 Å². The van der Waals surface area contributed by atoms with Gasteiger partial charge in [0.15, 0.2) is 0 Å². The molecule has 0 bridgehead atoms. The van der Waals surface area contributed by atoms with Gasteiger partial charge in [-0.2, -0.15) is 0 Å². The Balaban J connectivity index is 1.31. The van der Waals surface area contributed by atoms with E-state index in [4.69, 9.17) is 9.47 Å². The van der Waals surface area contributed by atoms with Gasteiger partial charge in [-0.3, -0.25) is 4.90 Å². The van der Waals surface area contributed by atoms with Crippen LogP contribution >= 0.6 is 31.9 Å². The first-order valence-corrected chi connectivity index (χ1v) is 11.4. The molecule has 28 heavy (non-hydrogen) atoms. The lowest BCUT2D eigenvalue weighted by atomic mass is 9.95. The van der Waals surface area contributed by atoms with Crippen molar-refractivity contribution in [3.8, 4) is 5.75 Å². The number of methoxy groups -OCH3 is 1. The predicted molar refractivity (Wildman–Crippen MR) is 121 cm³/mol. The molecule has 2 heterocycles.